The molecule has 0 unspecified atom stereocenters. The Morgan fingerprint density at radius 3 is 2.80 bits per heavy atom. The normalized spacial score (nSPS) is 11.5. The molecule has 2 aromatic heterocycles. The highest BCUT2D eigenvalue weighted by atomic mass is 32.2. The lowest BCUT2D eigenvalue weighted by Crippen LogP contribution is -2.14. The Labute approximate surface area is 119 Å². The molecule has 0 amide bonds. The Bertz CT molecular complexity index is 672. The summed E-state index contributed by atoms with van der Waals surface area (Å²) in [4.78, 5) is 12.3. The van der Waals surface area contributed by atoms with Gasteiger partial charge in [-0.2, -0.15) is 20.1 Å². The number of aromatic nitrogens is 5. The predicted molar refractivity (Wildman–Crippen MR) is 75.2 cm³/mol. The van der Waals surface area contributed by atoms with Crippen molar-refractivity contribution in [1.29, 1.82) is 0 Å². The fourth-order valence-corrected chi connectivity index (χ4v) is 3.27. The third-order valence-electron chi connectivity index (χ3n) is 2.13. The second-order valence-electron chi connectivity index (χ2n) is 3.81. The van der Waals surface area contributed by atoms with Crippen LogP contribution in [0.3, 0.4) is 0 Å². The summed E-state index contributed by atoms with van der Waals surface area (Å²) in [5.41, 5.74) is 2.34. The SMILES string of the molecule is CS(=O)(=O)CCSc1nc(NN)nc(-n2cccn2)n1. The first-order chi connectivity index (χ1) is 9.48. The van der Waals surface area contributed by atoms with Gasteiger partial charge in [0.05, 0.1) is 5.75 Å². The minimum atomic E-state index is -3.01. The second-order valence-corrected chi connectivity index (χ2v) is 7.14. The van der Waals surface area contributed by atoms with Crippen LogP contribution in [-0.2, 0) is 9.84 Å². The minimum absolute atomic E-state index is 0.0475. The summed E-state index contributed by atoms with van der Waals surface area (Å²) in [6.45, 7) is 0. The molecule has 3 N–H and O–H groups in total. The Kier molecular flexibility index (Phi) is 4.52. The molecule has 0 saturated heterocycles. The maximum atomic E-state index is 11.1. The zero-order chi connectivity index (χ0) is 14.6. The molecule has 0 aromatic carbocycles. The second kappa shape index (κ2) is 6.15. The van der Waals surface area contributed by atoms with Crippen LogP contribution in [0.5, 0.6) is 0 Å². The number of hydrazine groups is 1. The van der Waals surface area contributed by atoms with Gasteiger partial charge in [0.15, 0.2) is 5.16 Å². The maximum absolute atomic E-state index is 11.1. The fraction of sp³-hybridized carbons (Fsp3) is 0.333. The van der Waals surface area contributed by atoms with Crippen molar-refractivity contribution in [1.82, 2.24) is 24.7 Å². The molecule has 0 spiro atoms. The van der Waals surface area contributed by atoms with Gasteiger partial charge in [0, 0.05) is 24.4 Å². The van der Waals surface area contributed by atoms with E-state index in [1.54, 1.807) is 18.5 Å². The number of thioether (sulfide) groups is 1. The molecule has 0 saturated carbocycles. The number of anilines is 1. The Morgan fingerprint density at radius 2 is 2.20 bits per heavy atom. The first-order valence-corrected chi connectivity index (χ1v) is 8.56. The van der Waals surface area contributed by atoms with Crippen molar-refractivity contribution in [2.24, 2.45) is 5.84 Å². The average Bonchev–Trinajstić information content (AvgIpc) is 2.90. The molecule has 11 heteroatoms. The summed E-state index contributed by atoms with van der Waals surface area (Å²) in [5.74, 6) is 6.19. The fourth-order valence-electron chi connectivity index (χ4n) is 1.25. The number of nitrogens with one attached hydrogen (secondary N) is 1. The zero-order valence-corrected chi connectivity index (χ0v) is 12.2. The predicted octanol–water partition coefficient (Wildman–Crippen LogP) is -0.520. The van der Waals surface area contributed by atoms with E-state index in [2.05, 4.69) is 25.5 Å². The van der Waals surface area contributed by atoms with E-state index in [1.807, 2.05) is 0 Å². The number of nitrogens with zero attached hydrogens (tertiary/aromatic N) is 5. The van der Waals surface area contributed by atoms with E-state index >= 15 is 0 Å². The van der Waals surface area contributed by atoms with Gasteiger partial charge < -0.3 is 0 Å². The van der Waals surface area contributed by atoms with Crippen LogP contribution in [0, 0.1) is 0 Å². The van der Waals surface area contributed by atoms with E-state index in [0.717, 1.165) is 0 Å². The van der Waals surface area contributed by atoms with Gasteiger partial charge in [-0.15, -0.1) is 0 Å². The van der Waals surface area contributed by atoms with Crippen molar-refractivity contribution in [2.45, 2.75) is 5.16 Å². The number of nitrogens with two attached hydrogens (primary N) is 1. The molecule has 0 aliphatic rings. The first kappa shape index (κ1) is 14.7. The lowest BCUT2D eigenvalue weighted by Gasteiger charge is -2.05. The molecule has 2 aromatic rings. The van der Waals surface area contributed by atoms with Gasteiger partial charge in [0.1, 0.15) is 9.84 Å². The molecule has 20 heavy (non-hydrogen) atoms. The lowest BCUT2D eigenvalue weighted by atomic mass is 10.7. The van der Waals surface area contributed by atoms with E-state index in [0.29, 0.717) is 16.9 Å². The summed E-state index contributed by atoms with van der Waals surface area (Å²) in [7, 11) is -3.01. The Balaban J connectivity index is 2.18. The van der Waals surface area contributed by atoms with Crippen LogP contribution < -0.4 is 11.3 Å². The van der Waals surface area contributed by atoms with Crippen LogP contribution in [0.25, 0.3) is 5.95 Å². The van der Waals surface area contributed by atoms with Crippen LogP contribution >= 0.6 is 11.8 Å². The summed E-state index contributed by atoms with van der Waals surface area (Å²) in [6, 6.07) is 1.73. The quantitative estimate of drug-likeness (QED) is 0.411. The monoisotopic (exact) mass is 315 g/mol. The maximum Gasteiger partial charge on any atom is 0.256 e. The van der Waals surface area contributed by atoms with Crippen LogP contribution in [0.2, 0.25) is 0 Å². The first-order valence-electron chi connectivity index (χ1n) is 5.51. The van der Waals surface area contributed by atoms with Crippen LogP contribution in [0.4, 0.5) is 5.95 Å². The van der Waals surface area contributed by atoms with Crippen LogP contribution in [0.1, 0.15) is 0 Å². The molecule has 9 nitrogen and oxygen atoms in total. The molecule has 0 atom stereocenters. The van der Waals surface area contributed by atoms with Crippen molar-refractivity contribution in [3.63, 3.8) is 0 Å². The molecule has 108 valence electrons. The van der Waals surface area contributed by atoms with Gasteiger partial charge in [0.2, 0.25) is 5.95 Å². The van der Waals surface area contributed by atoms with E-state index < -0.39 is 9.84 Å². The van der Waals surface area contributed by atoms with Crippen molar-refractivity contribution in [2.75, 3.05) is 23.2 Å². The molecule has 2 rings (SSSR count). The number of hydrogen-bond acceptors (Lipinski definition) is 9. The van der Waals surface area contributed by atoms with Gasteiger partial charge in [-0.1, -0.05) is 11.8 Å². The molecular formula is C9H13N7O2S2. The zero-order valence-electron chi connectivity index (χ0n) is 10.6. The standard InChI is InChI=1S/C9H13N7O2S2/c1-20(17,18)6-5-19-9-13-7(15-10)12-8(14-9)16-4-2-3-11-16/h2-4H,5-6,10H2,1H3,(H,12,13,14,15). The van der Waals surface area contributed by atoms with Gasteiger partial charge >= 0.3 is 0 Å². The highest BCUT2D eigenvalue weighted by molar-refractivity contribution is 8.00. The van der Waals surface area contributed by atoms with Gasteiger partial charge in [-0.3, -0.25) is 5.43 Å². The topological polar surface area (TPSA) is 129 Å². The molecule has 0 fully saturated rings. The highest BCUT2D eigenvalue weighted by Gasteiger charge is 2.10. The Morgan fingerprint density at radius 1 is 1.40 bits per heavy atom. The summed E-state index contributed by atoms with van der Waals surface area (Å²) >= 11 is 1.21. The summed E-state index contributed by atoms with van der Waals surface area (Å²) in [5, 5.41) is 4.39. The molecular weight excluding hydrogens is 302 g/mol. The molecule has 0 radical (unpaired) electrons. The number of hydrogen-bond donors (Lipinski definition) is 2. The molecule has 0 aliphatic heterocycles. The van der Waals surface area contributed by atoms with E-state index in [-0.39, 0.29) is 11.7 Å². The lowest BCUT2D eigenvalue weighted by molar-refractivity contribution is 0.603. The summed E-state index contributed by atoms with van der Waals surface area (Å²) < 4.78 is 23.6. The third kappa shape index (κ3) is 4.15. The van der Waals surface area contributed by atoms with Gasteiger partial charge in [-0.25, -0.2) is 18.9 Å². The van der Waals surface area contributed by atoms with E-state index in [1.165, 1.54) is 22.7 Å². The van der Waals surface area contributed by atoms with Gasteiger partial charge in [-0.05, 0) is 6.07 Å². The number of rotatable bonds is 6. The van der Waals surface area contributed by atoms with Crippen molar-refractivity contribution >= 4 is 27.5 Å². The van der Waals surface area contributed by atoms with Crippen molar-refractivity contribution in [3.8, 4) is 5.95 Å². The minimum Gasteiger partial charge on any atom is -0.292 e. The van der Waals surface area contributed by atoms with E-state index in [9.17, 15) is 8.42 Å². The smallest absolute Gasteiger partial charge is 0.256 e. The molecule has 0 aliphatic carbocycles. The average molecular weight is 315 g/mol. The van der Waals surface area contributed by atoms with E-state index in [4.69, 9.17) is 5.84 Å². The third-order valence-corrected chi connectivity index (χ3v) is 4.18. The Hall–Kier alpha value is -1.72. The van der Waals surface area contributed by atoms with Crippen molar-refractivity contribution in [3.05, 3.63) is 18.5 Å². The highest BCUT2D eigenvalue weighted by Crippen LogP contribution is 2.15. The van der Waals surface area contributed by atoms with Crippen LogP contribution in [-0.4, -0.2) is 50.9 Å². The molecule has 2 heterocycles. The number of sulfone groups is 1. The molecule has 0 bridgehead atoms. The van der Waals surface area contributed by atoms with Gasteiger partial charge in [0.25, 0.3) is 5.95 Å². The largest absolute Gasteiger partial charge is 0.292 e. The number of nitrogen functional groups attached to an aromatic ring is 1. The summed E-state index contributed by atoms with van der Waals surface area (Å²) in [6.07, 6.45) is 4.46. The van der Waals surface area contributed by atoms with Crippen molar-refractivity contribution < 1.29 is 8.42 Å². The van der Waals surface area contributed by atoms with Crippen LogP contribution in [0.15, 0.2) is 23.6 Å².